The lowest BCUT2D eigenvalue weighted by molar-refractivity contribution is 0.231. The van der Waals surface area contributed by atoms with E-state index in [1.807, 2.05) is 36.4 Å². The van der Waals surface area contributed by atoms with Crippen LogP contribution in [0, 0.1) is 34.0 Å². The molecule has 0 aliphatic carbocycles. The van der Waals surface area contributed by atoms with Gasteiger partial charge in [-0.05, 0) is 106 Å². The quantitative estimate of drug-likeness (QED) is 0.164. The molecule has 0 saturated heterocycles. The second kappa shape index (κ2) is 15.6. The van der Waals surface area contributed by atoms with Crippen LogP contribution in [0.4, 0.5) is 0 Å². The smallest absolute Gasteiger partial charge is 0.413 e. The zero-order valence-electron chi connectivity index (χ0n) is 31.1. The summed E-state index contributed by atoms with van der Waals surface area (Å²) in [5.74, 6) is 2.82. The number of rotatable bonds is 14. The second-order valence-corrected chi connectivity index (χ2v) is 18.5. The van der Waals surface area contributed by atoms with E-state index in [-0.39, 0.29) is 16.2 Å². The van der Waals surface area contributed by atoms with E-state index in [1.165, 1.54) is 16.7 Å². The highest BCUT2D eigenvalue weighted by atomic mass is 31.2. The molecule has 4 heteroatoms. The van der Waals surface area contributed by atoms with Gasteiger partial charge in [0.15, 0.2) is 0 Å². The van der Waals surface area contributed by atoms with Crippen molar-refractivity contribution in [3.63, 3.8) is 0 Å². The van der Waals surface area contributed by atoms with Crippen molar-refractivity contribution < 1.29 is 13.6 Å². The summed E-state index contributed by atoms with van der Waals surface area (Å²) < 4.78 is 27.4. The highest BCUT2D eigenvalue weighted by Gasteiger charge is 2.32. The van der Waals surface area contributed by atoms with Crippen molar-refractivity contribution in [2.45, 2.75) is 122 Å². The third-order valence-electron chi connectivity index (χ3n) is 10.1. The molecule has 0 bridgehead atoms. The third-order valence-corrected chi connectivity index (χ3v) is 12.0. The maximum atomic E-state index is 14.7. The van der Waals surface area contributed by atoms with Crippen molar-refractivity contribution in [1.82, 2.24) is 0 Å². The summed E-state index contributed by atoms with van der Waals surface area (Å²) in [6, 6.07) is 24.2. The van der Waals surface area contributed by atoms with Gasteiger partial charge in [-0.25, -0.2) is 4.57 Å². The molecule has 0 aromatic heterocycles. The minimum atomic E-state index is -3.76. The minimum absolute atomic E-state index is 0.224. The first-order valence-corrected chi connectivity index (χ1v) is 19.2. The van der Waals surface area contributed by atoms with Crippen molar-refractivity contribution >= 4 is 12.9 Å². The van der Waals surface area contributed by atoms with Crippen molar-refractivity contribution in [1.29, 1.82) is 0 Å². The molecule has 3 aromatic carbocycles. The molecule has 46 heavy (non-hydrogen) atoms. The fraction of sp³-hybridized carbons (Fsp3) is 0.571. The molecule has 0 radical (unpaired) electrons. The first kappa shape index (κ1) is 37.9. The Labute approximate surface area is 282 Å². The lowest BCUT2D eigenvalue weighted by atomic mass is 9.76. The van der Waals surface area contributed by atoms with E-state index in [0.717, 1.165) is 38.5 Å². The van der Waals surface area contributed by atoms with E-state index in [9.17, 15) is 4.57 Å². The predicted octanol–water partition coefficient (Wildman–Crippen LogP) is 12.5. The van der Waals surface area contributed by atoms with E-state index in [2.05, 4.69) is 119 Å². The Morgan fingerprint density at radius 2 is 0.739 bits per heavy atom. The van der Waals surface area contributed by atoms with E-state index in [0.29, 0.717) is 34.6 Å². The topological polar surface area (TPSA) is 35.5 Å². The van der Waals surface area contributed by atoms with Gasteiger partial charge in [-0.3, -0.25) is 0 Å². The summed E-state index contributed by atoms with van der Waals surface area (Å²) in [6.45, 7) is 27.5. The Hall–Kier alpha value is -2.51. The van der Waals surface area contributed by atoms with Gasteiger partial charge in [0.05, 0.1) is 5.30 Å². The van der Waals surface area contributed by atoms with Gasteiger partial charge in [0, 0.05) is 0 Å². The van der Waals surface area contributed by atoms with Crippen molar-refractivity contribution in [3.05, 3.63) is 89.5 Å². The molecule has 3 nitrogen and oxygen atoms in total. The maximum absolute atomic E-state index is 14.7. The molecule has 3 unspecified atom stereocenters. The zero-order valence-corrected chi connectivity index (χ0v) is 32.0. The molecular formula is C42H63O3P. The highest BCUT2D eigenvalue weighted by molar-refractivity contribution is 7.63. The molecule has 0 heterocycles. The van der Waals surface area contributed by atoms with E-state index >= 15 is 0 Å². The van der Waals surface area contributed by atoms with Crippen LogP contribution in [-0.4, -0.2) is 0 Å². The fourth-order valence-corrected chi connectivity index (χ4v) is 8.19. The summed E-state index contributed by atoms with van der Waals surface area (Å²) in [7, 11) is -3.76. The van der Waals surface area contributed by atoms with Crippen LogP contribution in [0.25, 0.3) is 0 Å². The molecule has 3 atom stereocenters. The van der Waals surface area contributed by atoms with Crippen molar-refractivity contribution in [3.8, 4) is 11.5 Å². The molecule has 0 N–H and O–H groups in total. The maximum Gasteiger partial charge on any atom is 0.462 e. The number of benzene rings is 3. The molecule has 0 amide bonds. The van der Waals surface area contributed by atoms with E-state index < -0.39 is 7.60 Å². The second-order valence-electron chi connectivity index (χ2n) is 16.7. The Morgan fingerprint density at radius 3 is 0.978 bits per heavy atom. The normalized spacial score (nSPS) is 15.9. The molecule has 0 spiro atoms. The molecule has 0 aliphatic heterocycles. The Kier molecular flexibility index (Phi) is 12.9. The van der Waals surface area contributed by atoms with Gasteiger partial charge in [-0.2, -0.15) is 0 Å². The number of hydrogen-bond acceptors (Lipinski definition) is 3. The SMILES string of the molecule is CCC(Cc1ccc(OP(=O)(Oc2ccc(CC(CC)C(C)(C)C)cc2)c2ccc(CC(CC)C(C)(C)C)cc2)cc1)C(C)(C)C. The van der Waals surface area contributed by atoms with Gasteiger partial charge in [0.2, 0.25) is 0 Å². The van der Waals surface area contributed by atoms with Crippen LogP contribution in [0.15, 0.2) is 72.8 Å². The molecule has 3 rings (SSSR count). The average molecular weight is 647 g/mol. The predicted molar refractivity (Wildman–Crippen MR) is 199 cm³/mol. The summed E-state index contributed by atoms with van der Waals surface area (Å²) in [4.78, 5) is 0. The van der Waals surface area contributed by atoms with Crippen molar-refractivity contribution in [2.24, 2.45) is 34.0 Å². The van der Waals surface area contributed by atoms with Crippen LogP contribution in [0.1, 0.15) is 119 Å². The van der Waals surface area contributed by atoms with Crippen molar-refractivity contribution in [2.75, 3.05) is 0 Å². The van der Waals surface area contributed by atoms with Gasteiger partial charge in [-0.1, -0.05) is 139 Å². The average Bonchev–Trinajstić information content (AvgIpc) is 2.97. The van der Waals surface area contributed by atoms with Crippen LogP contribution in [0.5, 0.6) is 11.5 Å². The van der Waals surface area contributed by atoms with Crippen LogP contribution in [0.2, 0.25) is 0 Å². The van der Waals surface area contributed by atoms with Gasteiger partial charge < -0.3 is 9.05 Å². The minimum Gasteiger partial charge on any atom is -0.413 e. The lowest BCUT2D eigenvalue weighted by Gasteiger charge is -2.30. The molecule has 0 fully saturated rings. The van der Waals surface area contributed by atoms with E-state index in [1.54, 1.807) is 0 Å². The van der Waals surface area contributed by atoms with Gasteiger partial charge in [0.25, 0.3) is 0 Å². The first-order valence-electron chi connectivity index (χ1n) is 17.6. The Bertz CT molecular complexity index is 1310. The Balaban J connectivity index is 1.90. The monoisotopic (exact) mass is 646 g/mol. The standard InChI is InChI=1S/C42H63O3P/c1-13-34(40(4,5)6)28-31-16-22-37(23-17-31)44-46(43,39-26-20-33(21-27-39)30-36(15-3)42(10,11)12)45-38-24-18-32(19-25-38)29-35(14-2)41(7,8)9/h16-27,34-36H,13-15,28-30H2,1-12H3. The summed E-state index contributed by atoms with van der Waals surface area (Å²) in [5, 5.41) is 0.561. The number of hydrogen-bond donors (Lipinski definition) is 0. The van der Waals surface area contributed by atoms with Gasteiger partial charge in [-0.15, -0.1) is 0 Å². The van der Waals surface area contributed by atoms with Gasteiger partial charge >= 0.3 is 7.60 Å². The largest absolute Gasteiger partial charge is 0.462 e. The van der Waals surface area contributed by atoms with Crippen LogP contribution in [0.3, 0.4) is 0 Å². The zero-order chi connectivity index (χ0) is 34.3. The summed E-state index contributed by atoms with van der Waals surface area (Å²) in [6.07, 6.45) is 6.36. The van der Waals surface area contributed by atoms with E-state index in [4.69, 9.17) is 9.05 Å². The van der Waals surface area contributed by atoms with Gasteiger partial charge in [0.1, 0.15) is 11.5 Å². The lowest BCUT2D eigenvalue weighted by Crippen LogP contribution is -2.22. The molecular weight excluding hydrogens is 583 g/mol. The summed E-state index contributed by atoms with van der Waals surface area (Å²) in [5.41, 5.74) is 4.46. The van der Waals surface area contributed by atoms with Crippen LogP contribution in [-0.2, 0) is 23.8 Å². The summed E-state index contributed by atoms with van der Waals surface area (Å²) >= 11 is 0. The van der Waals surface area contributed by atoms with Crippen LogP contribution >= 0.6 is 7.60 Å². The molecule has 0 aliphatic rings. The molecule has 0 saturated carbocycles. The molecule has 3 aromatic rings. The third kappa shape index (κ3) is 10.8. The Morgan fingerprint density at radius 1 is 0.478 bits per heavy atom. The van der Waals surface area contributed by atoms with Crippen LogP contribution < -0.4 is 14.4 Å². The fourth-order valence-electron chi connectivity index (χ4n) is 6.63. The molecule has 254 valence electrons. The highest BCUT2D eigenvalue weighted by Crippen LogP contribution is 2.48. The first-order chi connectivity index (χ1) is 21.4.